The first kappa shape index (κ1) is 8.95. The molecule has 1 aromatic heterocycles. The third kappa shape index (κ3) is 1.54. The average molecular weight is 171 g/mol. The third-order valence-electron chi connectivity index (χ3n) is 1.63. The van der Waals surface area contributed by atoms with Crippen molar-refractivity contribution in [1.82, 2.24) is 14.8 Å². The second kappa shape index (κ2) is 3.08. The van der Waals surface area contributed by atoms with Crippen LogP contribution in [0.2, 0.25) is 0 Å². The van der Waals surface area contributed by atoms with Gasteiger partial charge in [-0.1, -0.05) is 0 Å². The standard InChI is InChI=1S/C6H13N5O/c1-3(12)4(7)5-9-6(8)11(2)10-5/h3-4,12H,7H2,1-2H3,(H2,8,9,10). The van der Waals surface area contributed by atoms with Gasteiger partial charge in [-0.15, -0.1) is 0 Å². The van der Waals surface area contributed by atoms with E-state index < -0.39 is 12.1 Å². The van der Waals surface area contributed by atoms with E-state index in [1.54, 1.807) is 14.0 Å². The van der Waals surface area contributed by atoms with Crippen LogP contribution in [-0.4, -0.2) is 26.0 Å². The molecular formula is C6H13N5O. The summed E-state index contributed by atoms with van der Waals surface area (Å²) in [5, 5.41) is 13.0. The Morgan fingerprint density at radius 3 is 2.50 bits per heavy atom. The molecule has 0 fully saturated rings. The number of rotatable bonds is 2. The zero-order valence-electron chi connectivity index (χ0n) is 7.10. The fourth-order valence-electron chi connectivity index (χ4n) is 0.774. The van der Waals surface area contributed by atoms with E-state index in [4.69, 9.17) is 16.6 Å². The van der Waals surface area contributed by atoms with Gasteiger partial charge >= 0.3 is 0 Å². The van der Waals surface area contributed by atoms with Gasteiger partial charge in [0.05, 0.1) is 12.1 Å². The number of aliphatic hydroxyl groups excluding tert-OH is 1. The van der Waals surface area contributed by atoms with Crippen LogP contribution in [0.5, 0.6) is 0 Å². The van der Waals surface area contributed by atoms with E-state index in [0.717, 1.165) is 0 Å². The molecule has 0 aliphatic rings. The van der Waals surface area contributed by atoms with Crippen molar-refractivity contribution in [3.05, 3.63) is 5.82 Å². The number of aliphatic hydroxyl groups is 1. The lowest BCUT2D eigenvalue weighted by Crippen LogP contribution is -2.24. The summed E-state index contributed by atoms with van der Waals surface area (Å²) < 4.78 is 1.41. The van der Waals surface area contributed by atoms with E-state index in [2.05, 4.69) is 10.1 Å². The maximum absolute atomic E-state index is 9.12. The highest BCUT2D eigenvalue weighted by atomic mass is 16.3. The number of hydrogen-bond acceptors (Lipinski definition) is 5. The quantitative estimate of drug-likeness (QED) is 0.517. The molecule has 0 saturated carbocycles. The molecule has 0 amide bonds. The summed E-state index contributed by atoms with van der Waals surface area (Å²) in [4.78, 5) is 3.88. The van der Waals surface area contributed by atoms with Crippen molar-refractivity contribution in [3.8, 4) is 0 Å². The topological polar surface area (TPSA) is 103 Å². The maximum Gasteiger partial charge on any atom is 0.218 e. The fraction of sp³-hybridized carbons (Fsp3) is 0.667. The Hall–Kier alpha value is -1.14. The molecule has 1 heterocycles. The number of hydrogen-bond donors (Lipinski definition) is 3. The second-order valence-electron chi connectivity index (χ2n) is 2.72. The third-order valence-corrected chi connectivity index (χ3v) is 1.63. The van der Waals surface area contributed by atoms with Crippen LogP contribution in [0.25, 0.3) is 0 Å². The lowest BCUT2D eigenvalue weighted by molar-refractivity contribution is 0.160. The van der Waals surface area contributed by atoms with Gasteiger partial charge in [-0.3, -0.25) is 0 Å². The number of aryl methyl sites for hydroxylation is 1. The van der Waals surface area contributed by atoms with E-state index in [9.17, 15) is 0 Å². The monoisotopic (exact) mass is 171 g/mol. The molecule has 0 saturated heterocycles. The molecule has 6 heteroatoms. The van der Waals surface area contributed by atoms with E-state index in [0.29, 0.717) is 11.8 Å². The molecule has 5 N–H and O–H groups in total. The van der Waals surface area contributed by atoms with E-state index >= 15 is 0 Å². The van der Waals surface area contributed by atoms with Crippen LogP contribution in [0.1, 0.15) is 18.8 Å². The predicted octanol–water partition coefficient (Wildman–Crippen LogP) is -1.22. The van der Waals surface area contributed by atoms with Crippen molar-refractivity contribution in [2.75, 3.05) is 5.73 Å². The Bertz CT molecular complexity index is 249. The lowest BCUT2D eigenvalue weighted by atomic mass is 10.2. The van der Waals surface area contributed by atoms with Gasteiger partial charge in [-0.2, -0.15) is 10.1 Å². The normalized spacial score (nSPS) is 16.0. The van der Waals surface area contributed by atoms with Crippen molar-refractivity contribution in [2.45, 2.75) is 19.1 Å². The first-order chi connectivity index (χ1) is 5.52. The Kier molecular flexibility index (Phi) is 2.30. The highest BCUT2D eigenvalue weighted by molar-refractivity contribution is 5.16. The number of nitrogens with two attached hydrogens (primary N) is 2. The molecule has 68 valence electrons. The van der Waals surface area contributed by atoms with Crippen LogP contribution >= 0.6 is 0 Å². The molecule has 1 rings (SSSR count). The summed E-state index contributed by atoms with van der Waals surface area (Å²) in [6.45, 7) is 1.58. The van der Waals surface area contributed by atoms with Gasteiger partial charge in [-0.05, 0) is 6.92 Å². The summed E-state index contributed by atoms with van der Waals surface area (Å²) in [5.41, 5.74) is 11.0. The largest absolute Gasteiger partial charge is 0.391 e. The van der Waals surface area contributed by atoms with Gasteiger partial charge in [-0.25, -0.2) is 4.68 Å². The highest BCUT2D eigenvalue weighted by Gasteiger charge is 2.17. The van der Waals surface area contributed by atoms with Crippen molar-refractivity contribution < 1.29 is 5.11 Å². The van der Waals surface area contributed by atoms with Gasteiger partial charge in [0, 0.05) is 7.05 Å². The van der Waals surface area contributed by atoms with Gasteiger partial charge in [0.1, 0.15) is 0 Å². The first-order valence-electron chi connectivity index (χ1n) is 3.62. The molecule has 12 heavy (non-hydrogen) atoms. The Balaban J connectivity index is 2.89. The van der Waals surface area contributed by atoms with Gasteiger partial charge in [0.15, 0.2) is 5.82 Å². The molecule has 2 unspecified atom stereocenters. The molecule has 0 radical (unpaired) electrons. The Morgan fingerprint density at radius 1 is 1.58 bits per heavy atom. The fourth-order valence-corrected chi connectivity index (χ4v) is 0.774. The Labute approximate surface area is 70.2 Å². The Morgan fingerprint density at radius 2 is 2.17 bits per heavy atom. The van der Waals surface area contributed by atoms with Crippen LogP contribution in [0.3, 0.4) is 0 Å². The minimum atomic E-state index is -0.674. The smallest absolute Gasteiger partial charge is 0.218 e. The van der Waals surface area contributed by atoms with Crippen molar-refractivity contribution in [3.63, 3.8) is 0 Å². The van der Waals surface area contributed by atoms with Crippen molar-refractivity contribution in [2.24, 2.45) is 12.8 Å². The lowest BCUT2D eigenvalue weighted by Gasteiger charge is -2.09. The SMILES string of the molecule is CC(O)C(N)c1nc(N)n(C)n1. The molecule has 1 aromatic rings. The first-order valence-corrected chi connectivity index (χ1v) is 3.62. The van der Waals surface area contributed by atoms with E-state index in [1.165, 1.54) is 4.68 Å². The van der Waals surface area contributed by atoms with Crippen LogP contribution in [-0.2, 0) is 7.05 Å². The molecule has 0 aliphatic heterocycles. The predicted molar refractivity (Wildman–Crippen MR) is 44.0 cm³/mol. The van der Waals surface area contributed by atoms with Crippen molar-refractivity contribution in [1.29, 1.82) is 0 Å². The van der Waals surface area contributed by atoms with Crippen LogP contribution < -0.4 is 11.5 Å². The van der Waals surface area contributed by atoms with Crippen LogP contribution in [0.15, 0.2) is 0 Å². The molecule has 0 aromatic carbocycles. The van der Waals surface area contributed by atoms with Gasteiger partial charge < -0.3 is 16.6 Å². The molecule has 0 aliphatic carbocycles. The van der Waals surface area contributed by atoms with Crippen LogP contribution in [0.4, 0.5) is 5.95 Å². The summed E-state index contributed by atoms with van der Waals surface area (Å²) in [6, 6.07) is -0.575. The number of nitrogens with zero attached hydrogens (tertiary/aromatic N) is 3. The molecule has 0 spiro atoms. The summed E-state index contributed by atoms with van der Waals surface area (Å²) in [6.07, 6.45) is -0.674. The number of nitrogen functional groups attached to an aromatic ring is 1. The zero-order valence-corrected chi connectivity index (χ0v) is 7.10. The second-order valence-corrected chi connectivity index (χ2v) is 2.72. The van der Waals surface area contributed by atoms with Crippen molar-refractivity contribution >= 4 is 5.95 Å². The zero-order chi connectivity index (χ0) is 9.30. The van der Waals surface area contributed by atoms with Crippen LogP contribution in [0, 0.1) is 0 Å². The summed E-state index contributed by atoms with van der Waals surface area (Å²) in [5.74, 6) is 0.658. The average Bonchev–Trinajstić information content (AvgIpc) is 2.30. The number of anilines is 1. The molecule has 6 nitrogen and oxygen atoms in total. The maximum atomic E-state index is 9.12. The molecular weight excluding hydrogens is 158 g/mol. The highest BCUT2D eigenvalue weighted by Crippen LogP contribution is 2.10. The summed E-state index contributed by atoms with van der Waals surface area (Å²) in [7, 11) is 1.67. The summed E-state index contributed by atoms with van der Waals surface area (Å²) >= 11 is 0. The minimum Gasteiger partial charge on any atom is -0.391 e. The van der Waals surface area contributed by atoms with E-state index in [-0.39, 0.29) is 0 Å². The molecule has 0 bridgehead atoms. The molecule has 2 atom stereocenters. The van der Waals surface area contributed by atoms with Gasteiger partial charge in [0.25, 0.3) is 0 Å². The number of aromatic nitrogens is 3. The van der Waals surface area contributed by atoms with Gasteiger partial charge in [0.2, 0.25) is 5.95 Å². The van der Waals surface area contributed by atoms with E-state index in [1.807, 2.05) is 0 Å². The minimum absolute atomic E-state index is 0.293.